The molecular weight excluding hydrogens is 222 g/mol. The van der Waals surface area contributed by atoms with Crippen LogP contribution >= 0.6 is 0 Å². The van der Waals surface area contributed by atoms with Gasteiger partial charge in [-0.05, 0) is 55.6 Å². The molecule has 98 valence electrons. The number of fused-ring (bicyclic) bond motifs is 1. The van der Waals surface area contributed by atoms with Gasteiger partial charge in [-0.1, -0.05) is 18.2 Å². The first-order valence-electron chi connectivity index (χ1n) is 7.28. The van der Waals surface area contributed by atoms with Crippen LogP contribution in [0.15, 0.2) is 30.3 Å². The predicted molar refractivity (Wildman–Crippen MR) is 74.7 cm³/mol. The Morgan fingerprint density at radius 3 is 2.83 bits per heavy atom. The second-order valence-corrected chi connectivity index (χ2v) is 5.81. The molecule has 18 heavy (non-hydrogen) atoms. The van der Waals surface area contributed by atoms with Gasteiger partial charge in [0.15, 0.2) is 0 Å². The summed E-state index contributed by atoms with van der Waals surface area (Å²) >= 11 is 0. The molecule has 2 fully saturated rings. The average molecular weight is 245 g/mol. The van der Waals surface area contributed by atoms with E-state index >= 15 is 0 Å². The normalized spacial score (nSPS) is 31.7. The van der Waals surface area contributed by atoms with Gasteiger partial charge in [-0.3, -0.25) is 0 Å². The number of para-hydroxylation sites is 1. The van der Waals surface area contributed by atoms with Crippen LogP contribution in [0.5, 0.6) is 0 Å². The minimum Gasteiger partial charge on any atom is -0.385 e. The van der Waals surface area contributed by atoms with Crippen LogP contribution in [-0.4, -0.2) is 19.8 Å². The maximum atomic E-state index is 5.59. The number of anilines is 1. The molecule has 1 N–H and O–H groups in total. The lowest BCUT2D eigenvalue weighted by Crippen LogP contribution is -2.35. The summed E-state index contributed by atoms with van der Waals surface area (Å²) in [5.41, 5.74) is 1.26. The summed E-state index contributed by atoms with van der Waals surface area (Å²) < 4.78 is 5.59. The van der Waals surface area contributed by atoms with Gasteiger partial charge >= 0.3 is 0 Å². The second-order valence-electron chi connectivity index (χ2n) is 5.81. The van der Waals surface area contributed by atoms with E-state index in [-0.39, 0.29) is 0 Å². The molecule has 0 radical (unpaired) electrons. The monoisotopic (exact) mass is 245 g/mol. The molecule has 2 heteroatoms. The number of rotatable bonds is 3. The summed E-state index contributed by atoms with van der Waals surface area (Å²) in [5.74, 6) is 2.63. The van der Waals surface area contributed by atoms with Gasteiger partial charge in [0.2, 0.25) is 0 Å². The lowest BCUT2D eigenvalue weighted by atomic mass is 9.72. The van der Waals surface area contributed by atoms with Crippen LogP contribution in [0.1, 0.15) is 25.7 Å². The van der Waals surface area contributed by atoms with E-state index < -0.39 is 0 Å². The Balaban J connectivity index is 1.49. The summed E-state index contributed by atoms with van der Waals surface area (Å²) in [6, 6.07) is 10.6. The molecule has 2 aliphatic rings. The molecule has 3 rings (SSSR count). The minimum absolute atomic E-state index is 0.851. The van der Waals surface area contributed by atoms with Crippen molar-refractivity contribution in [2.24, 2.45) is 17.8 Å². The molecule has 0 spiro atoms. The molecule has 1 saturated carbocycles. The fraction of sp³-hybridized carbons (Fsp3) is 0.625. The third-order valence-corrected chi connectivity index (χ3v) is 4.58. The zero-order valence-electron chi connectivity index (χ0n) is 11.0. The first-order chi connectivity index (χ1) is 8.92. The lowest BCUT2D eigenvalue weighted by Gasteiger charge is -2.39. The van der Waals surface area contributed by atoms with Crippen LogP contribution in [-0.2, 0) is 4.74 Å². The number of benzene rings is 1. The van der Waals surface area contributed by atoms with Gasteiger partial charge < -0.3 is 10.1 Å². The standard InChI is InChI=1S/C16H23NO/c1-2-4-16(5-3-1)17-11-13-6-7-15-12-18-9-8-14(15)10-13/h1-5,13-15,17H,6-12H2. The van der Waals surface area contributed by atoms with E-state index in [0.717, 1.165) is 37.5 Å². The van der Waals surface area contributed by atoms with Crippen molar-refractivity contribution in [2.45, 2.75) is 25.7 Å². The van der Waals surface area contributed by atoms with E-state index in [1.54, 1.807) is 0 Å². The number of hydrogen-bond donors (Lipinski definition) is 1. The highest BCUT2D eigenvalue weighted by Gasteiger charge is 2.32. The summed E-state index contributed by atoms with van der Waals surface area (Å²) in [4.78, 5) is 0. The molecule has 3 atom stereocenters. The molecule has 1 aliphatic carbocycles. The molecule has 1 aliphatic heterocycles. The van der Waals surface area contributed by atoms with E-state index in [9.17, 15) is 0 Å². The van der Waals surface area contributed by atoms with Crippen molar-refractivity contribution in [3.05, 3.63) is 30.3 Å². The molecule has 1 saturated heterocycles. The topological polar surface area (TPSA) is 21.3 Å². The van der Waals surface area contributed by atoms with Crippen LogP contribution in [0.3, 0.4) is 0 Å². The molecule has 2 nitrogen and oxygen atoms in total. The van der Waals surface area contributed by atoms with E-state index in [4.69, 9.17) is 4.74 Å². The maximum absolute atomic E-state index is 5.59. The molecule has 0 amide bonds. The van der Waals surface area contributed by atoms with Crippen molar-refractivity contribution < 1.29 is 4.74 Å². The summed E-state index contributed by atoms with van der Waals surface area (Å²) in [5, 5.41) is 3.58. The van der Waals surface area contributed by atoms with E-state index in [1.165, 1.54) is 31.4 Å². The van der Waals surface area contributed by atoms with Crippen molar-refractivity contribution in [2.75, 3.05) is 25.1 Å². The van der Waals surface area contributed by atoms with Gasteiger partial charge in [0, 0.05) is 25.4 Å². The highest BCUT2D eigenvalue weighted by atomic mass is 16.5. The smallest absolute Gasteiger partial charge is 0.0496 e. The fourth-order valence-corrected chi connectivity index (χ4v) is 3.47. The quantitative estimate of drug-likeness (QED) is 0.879. The Morgan fingerprint density at radius 1 is 1.06 bits per heavy atom. The molecular formula is C16H23NO. The van der Waals surface area contributed by atoms with Crippen LogP contribution in [0.4, 0.5) is 5.69 Å². The number of ether oxygens (including phenoxy) is 1. The van der Waals surface area contributed by atoms with Gasteiger partial charge in [-0.2, -0.15) is 0 Å². The second kappa shape index (κ2) is 5.75. The van der Waals surface area contributed by atoms with Gasteiger partial charge in [0.1, 0.15) is 0 Å². The Morgan fingerprint density at radius 2 is 1.94 bits per heavy atom. The number of nitrogens with one attached hydrogen (secondary N) is 1. The summed E-state index contributed by atoms with van der Waals surface area (Å²) in [6.45, 7) is 3.14. The molecule has 3 unspecified atom stereocenters. The Bertz CT molecular complexity index is 365. The zero-order valence-corrected chi connectivity index (χ0v) is 11.0. The van der Waals surface area contributed by atoms with E-state index in [0.29, 0.717) is 0 Å². The SMILES string of the molecule is c1ccc(NCC2CCC3COCCC3C2)cc1. The first kappa shape index (κ1) is 12.0. The van der Waals surface area contributed by atoms with Crippen molar-refractivity contribution in [1.82, 2.24) is 0 Å². The third kappa shape index (κ3) is 2.86. The predicted octanol–water partition coefficient (Wildman–Crippen LogP) is 3.55. The highest BCUT2D eigenvalue weighted by molar-refractivity contribution is 5.42. The Labute approximate surface area is 110 Å². The van der Waals surface area contributed by atoms with Crippen molar-refractivity contribution in [1.29, 1.82) is 0 Å². The lowest BCUT2D eigenvalue weighted by molar-refractivity contribution is -0.0115. The summed E-state index contributed by atoms with van der Waals surface area (Å²) in [6.07, 6.45) is 5.41. The Kier molecular flexibility index (Phi) is 3.84. The summed E-state index contributed by atoms with van der Waals surface area (Å²) in [7, 11) is 0. The van der Waals surface area contributed by atoms with Crippen LogP contribution < -0.4 is 5.32 Å². The van der Waals surface area contributed by atoms with Crippen molar-refractivity contribution in [3.8, 4) is 0 Å². The van der Waals surface area contributed by atoms with Gasteiger partial charge in [-0.25, -0.2) is 0 Å². The van der Waals surface area contributed by atoms with Crippen molar-refractivity contribution in [3.63, 3.8) is 0 Å². The fourth-order valence-electron chi connectivity index (χ4n) is 3.47. The Hall–Kier alpha value is -1.02. The largest absolute Gasteiger partial charge is 0.385 e. The van der Waals surface area contributed by atoms with E-state index in [1.807, 2.05) is 0 Å². The van der Waals surface area contributed by atoms with Gasteiger partial charge in [-0.15, -0.1) is 0 Å². The van der Waals surface area contributed by atoms with Gasteiger partial charge in [0.25, 0.3) is 0 Å². The maximum Gasteiger partial charge on any atom is 0.0496 e. The first-order valence-corrected chi connectivity index (χ1v) is 7.28. The average Bonchev–Trinajstić information content (AvgIpc) is 2.46. The number of hydrogen-bond acceptors (Lipinski definition) is 2. The molecule has 0 aromatic heterocycles. The van der Waals surface area contributed by atoms with Crippen LogP contribution in [0, 0.1) is 17.8 Å². The molecule has 0 bridgehead atoms. The third-order valence-electron chi connectivity index (χ3n) is 4.58. The molecule has 1 heterocycles. The zero-order chi connectivity index (χ0) is 12.2. The van der Waals surface area contributed by atoms with E-state index in [2.05, 4.69) is 35.6 Å². The molecule has 1 aromatic rings. The van der Waals surface area contributed by atoms with Gasteiger partial charge in [0.05, 0.1) is 0 Å². The molecule has 1 aromatic carbocycles. The highest BCUT2D eigenvalue weighted by Crippen LogP contribution is 2.38. The van der Waals surface area contributed by atoms with Crippen LogP contribution in [0.25, 0.3) is 0 Å². The minimum atomic E-state index is 0.851. The van der Waals surface area contributed by atoms with Crippen LogP contribution in [0.2, 0.25) is 0 Å². The van der Waals surface area contributed by atoms with Crippen molar-refractivity contribution >= 4 is 5.69 Å².